The molecule has 1 saturated heterocycles. The molecule has 1 unspecified atom stereocenters. The maximum atomic E-state index is 11.7. The molecule has 1 aromatic rings. The molecule has 17 heavy (non-hydrogen) atoms. The smallest absolute Gasteiger partial charge is 0.220 e. The SMILES string of the molecule is CCn1cnnc1CNC(=O)CC1CCNC1. The van der Waals surface area contributed by atoms with Crippen molar-refractivity contribution in [1.82, 2.24) is 25.4 Å². The molecule has 2 rings (SSSR count). The Balaban J connectivity index is 1.75. The predicted octanol–water partition coefficient (Wildman–Crippen LogP) is -0.0862. The van der Waals surface area contributed by atoms with E-state index in [2.05, 4.69) is 20.8 Å². The van der Waals surface area contributed by atoms with Crippen LogP contribution in [0.4, 0.5) is 0 Å². The average Bonchev–Trinajstić information content (AvgIpc) is 2.96. The highest BCUT2D eigenvalue weighted by Crippen LogP contribution is 2.11. The summed E-state index contributed by atoms with van der Waals surface area (Å²) in [6, 6.07) is 0. The van der Waals surface area contributed by atoms with E-state index in [9.17, 15) is 4.79 Å². The Morgan fingerprint density at radius 2 is 2.59 bits per heavy atom. The molecule has 1 aliphatic rings. The van der Waals surface area contributed by atoms with Crippen LogP contribution in [0.5, 0.6) is 0 Å². The molecule has 1 atom stereocenters. The molecule has 1 fully saturated rings. The topological polar surface area (TPSA) is 71.8 Å². The van der Waals surface area contributed by atoms with Gasteiger partial charge in [-0.05, 0) is 32.4 Å². The second kappa shape index (κ2) is 5.77. The normalized spacial score (nSPS) is 19.5. The molecule has 0 radical (unpaired) electrons. The average molecular weight is 237 g/mol. The van der Waals surface area contributed by atoms with Crippen molar-refractivity contribution in [3.63, 3.8) is 0 Å². The third-order valence-corrected chi connectivity index (χ3v) is 3.12. The van der Waals surface area contributed by atoms with Crippen LogP contribution in [-0.2, 0) is 17.9 Å². The number of aromatic nitrogens is 3. The van der Waals surface area contributed by atoms with Gasteiger partial charge in [-0.25, -0.2) is 0 Å². The van der Waals surface area contributed by atoms with Crippen molar-refractivity contribution >= 4 is 5.91 Å². The first-order chi connectivity index (χ1) is 8.29. The minimum atomic E-state index is 0.101. The largest absolute Gasteiger partial charge is 0.349 e. The second-order valence-electron chi connectivity index (χ2n) is 4.37. The Labute approximate surface area is 101 Å². The van der Waals surface area contributed by atoms with Crippen LogP contribution < -0.4 is 10.6 Å². The number of hydrogen-bond donors (Lipinski definition) is 2. The maximum Gasteiger partial charge on any atom is 0.220 e. The summed E-state index contributed by atoms with van der Waals surface area (Å²) >= 11 is 0. The highest BCUT2D eigenvalue weighted by molar-refractivity contribution is 5.76. The van der Waals surface area contributed by atoms with Gasteiger partial charge in [0.25, 0.3) is 0 Å². The summed E-state index contributed by atoms with van der Waals surface area (Å²) in [5, 5.41) is 14.0. The Bertz CT molecular complexity index is 370. The van der Waals surface area contributed by atoms with Crippen molar-refractivity contribution in [1.29, 1.82) is 0 Å². The molecular weight excluding hydrogens is 218 g/mol. The summed E-state index contributed by atoms with van der Waals surface area (Å²) < 4.78 is 1.93. The van der Waals surface area contributed by atoms with Gasteiger partial charge in [0.05, 0.1) is 6.54 Å². The van der Waals surface area contributed by atoms with Gasteiger partial charge in [0.15, 0.2) is 5.82 Å². The number of amides is 1. The number of carbonyl (C=O) groups is 1. The fraction of sp³-hybridized carbons (Fsp3) is 0.727. The van der Waals surface area contributed by atoms with E-state index in [1.54, 1.807) is 6.33 Å². The first kappa shape index (κ1) is 12.0. The van der Waals surface area contributed by atoms with Crippen LogP contribution in [0.15, 0.2) is 6.33 Å². The molecule has 6 heteroatoms. The number of carbonyl (C=O) groups excluding carboxylic acids is 1. The van der Waals surface area contributed by atoms with Gasteiger partial charge < -0.3 is 15.2 Å². The van der Waals surface area contributed by atoms with Gasteiger partial charge in [0.1, 0.15) is 6.33 Å². The van der Waals surface area contributed by atoms with Gasteiger partial charge >= 0.3 is 0 Å². The lowest BCUT2D eigenvalue weighted by molar-refractivity contribution is -0.122. The third kappa shape index (κ3) is 3.26. The van der Waals surface area contributed by atoms with Crippen LogP contribution in [-0.4, -0.2) is 33.8 Å². The second-order valence-corrected chi connectivity index (χ2v) is 4.37. The summed E-state index contributed by atoms with van der Waals surface area (Å²) in [6.07, 6.45) is 3.38. The zero-order valence-corrected chi connectivity index (χ0v) is 10.1. The quantitative estimate of drug-likeness (QED) is 0.751. The molecule has 2 N–H and O–H groups in total. The zero-order valence-electron chi connectivity index (χ0n) is 10.1. The van der Waals surface area contributed by atoms with E-state index in [0.29, 0.717) is 18.9 Å². The number of nitrogens with zero attached hydrogens (tertiary/aromatic N) is 3. The van der Waals surface area contributed by atoms with Crippen molar-refractivity contribution in [2.24, 2.45) is 5.92 Å². The molecule has 1 aromatic heterocycles. The van der Waals surface area contributed by atoms with Crippen LogP contribution >= 0.6 is 0 Å². The molecule has 1 aliphatic heterocycles. The molecule has 1 amide bonds. The van der Waals surface area contributed by atoms with Crippen molar-refractivity contribution in [3.05, 3.63) is 12.2 Å². The monoisotopic (exact) mass is 237 g/mol. The molecule has 0 aromatic carbocycles. The van der Waals surface area contributed by atoms with E-state index in [-0.39, 0.29) is 5.91 Å². The maximum absolute atomic E-state index is 11.7. The van der Waals surface area contributed by atoms with E-state index < -0.39 is 0 Å². The highest BCUT2D eigenvalue weighted by Gasteiger charge is 2.18. The molecular formula is C11H19N5O. The molecule has 0 saturated carbocycles. The van der Waals surface area contributed by atoms with Crippen LogP contribution in [0, 0.1) is 5.92 Å². The van der Waals surface area contributed by atoms with Gasteiger partial charge in [0.2, 0.25) is 5.91 Å². The van der Waals surface area contributed by atoms with E-state index in [1.165, 1.54) is 0 Å². The van der Waals surface area contributed by atoms with E-state index in [1.807, 2.05) is 11.5 Å². The van der Waals surface area contributed by atoms with Crippen molar-refractivity contribution in [2.45, 2.75) is 32.9 Å². The summed E-state index contributed by atoms with van der Waals surface area (Å²) in [5.74, 6) is 1.40. The minimum absolute atomic E-state index is 0.101. The fourth-order valence-electron chi connectivity index (χ4n) is 2.08. The van der Waals surface area contributed by atoms with E-state index in [4.69, 9.17) is 0 Å². The lowest BCUT2D eigenvalue weighted by Crippen LogP contribution is -2.27. The summed E-state index contributed by atoms with van der Waals surface area (Å²) in [5.41, 5.74) is 0. The third-order valence-electron chi connectivity index (χ3n) is 3.12. The minimum Gasteiger partial charge on any atom is -0.349 e. The first-order valence-electron chi connectivity index (χ1n) is 6.13. The highest BCUT2D eigenvalue weighted by atomic mass is 16.1. The first-order valence-corrected chi connectivity index (χ1v) is 6.13. The Morgan fingerprint density at radius 3 is 3.29 bits per heavy atom. The standard InChI is InChI=1S/C11H19N5O/c1-2-16-8-14-15-10(16)7-13-11(17)5-9-3-4-12-6-9/h8-9,12H,2-7H2,1H3,(H,13,17). The Hall–Kier alpha value is -1.43. The van der Waals surface area contributed by atoms with Gasteiger partial charge in [0, 0.05) is 13.0 Å². The van der Waals surface area contributed by atoms with Crippen LogP contribution in [0.2, 0.25) is 0 Å². The Kier molecular flexibility index (Phi) is 4.08. The molecule has 0 spiro atoms. The number of hydrogen-bond acceptors (Lipinski definition) is 4. The van der Waals surface area contributed by atoms with Crippen molar-refractivity contribution < 1.29 is 4.79 Å². The van der Waals surface area contributed by atoms with E-state index >= 15 is 0 Å². The van der Waals surface area contributed by atoms with Crippen LogP contribution in [0.1, 0.15) is 25.6 Å². The van der Waals surface area contributed by atoms with E-state index in [0.717, 1.165) is 31.9 Å². The van der Waals surface area contributed by atoms with Gasteiger partial charge in [-0.3, -0.25) is 4.79 Å². The number of nitrogens with one attached hydrogen (secondary N) is 2. The van der Waals surface area contributed by atoms with Crippen LogP contribution in [0.25, 0.3) is 0 Å². The molecule has 0 bridgehead atoms. The van der Waals surface area contributed by atoms with Gasteiger partial charge in [-0.2, -0.15) is 0 Å². The van der Waals surface area contributed by atoms with Crippen molar-refractivity contribution in [3.8, 4) is 0 Å². The molecule has 94 valence electrons. The Morgan fingerprint density at radius 1 is 1.71 bits per heavy atom. The zero-order chi connectivity index (χ0) is 12.1. The lowest BCUT2D eigenvalue weighted by atomic mass is 10.0. The molecule has 2 heterocycles. The summed E-state index contributed by atoms with van der Waals surface area (Å²) in [7, 11) is 0. The molecule has 6 nitrogen and oxygen atoms in total. The fourth-order valence-corrected chi connectivity index (χ4v) is 2.08. The summed E-state index contributed by atoms with van der Waals surface area (Å²) in [6.45, 7) is 5.30. The lowest BCUT2D eigenvalue weighted by Gasteiger charge is -2.09. The van der Waals surface area contributed by atoms with Crippen molar-refractivity contribution in [2.75, 3.05) is 13.1 Å². The molecule has 0 aliphatic carbocycles. The number of aryl methyl sites for hydroxylation is 1. The van der Waals surface area contributed by atoms with Crippen LogP contribution in [0.3, 0.4) is 0 Å². The van der Waals surface area contributed by atoms with Gasteiger partial charge in [-0.1, -0.05) is 0 Å². The van der Waals surface area contributed by atoms with Gasteiger partial charge in [-0.15, -0.1) is 10.2 Å². The predicted molar refractivity (Wildman–Crippen MR) is 63.1 cm³/mol. The number of rotatable bonds is 5. The summed E-state index contributed by atoms with van der Waals surface area (Å²) in [4.78, 5) is 11.7.